The summed E-state index contributed by atoms with van der Waals surface area (Å²) in [5, 5.41) is 3.36. The zero-order valence-electron chi connectivity index (χ0n) is 15.1. The van der Waals surface area contributed by atoms with E-state index < -0.39 is 11.2 Å². The van der Waals surface area contributed by atoms with Crippen molar-refractivity contribution in [2.45, 2.75) is 32.6 Å². The Hall–Kier alpha value is -2.48. The predicted octanol–water partition coefficient (Wildman–Crippen LogP) is 1.71. The van der Waals surface area contributed by atoms with Crippen molar-refractivity contribution in [3.8, 4) is 0 Å². The van der Waals surface area contributed by atoms with Crippen LogP contribution in [-0.4, -0.2) is 20.0 Å². The molecule has 0 bridgehead atoms. The average molecular weight is 374 g/mol. The number of carbonyl (C=O) groups is 1. The average Bonchev–Trinajstić information content (AvgIpc) is 3.02. The quantitative estimate of drug-likeness (QED) is 0.826. The van der Waals surface area contributed by atoms with Gasteiger partial charge in [0.05, 0.1) is 11.3 Å². The lowest BCUT2D eigenvalue weighted by molar-refractivity contribution is -0.111. The molecule has 0 saturated heterocycles. The van der Waals surface area contributed by atoms with Gasteiger partial charge >= 0.3 is 5.69 Å². The maximum atomic E-state index is 12.2. The molecule has 3 rings (SSSR count). The smallest absolute Gasteiger partial charge is 0.303 e. The monoisotopic (exact) mass is 374 g/mol. The molecule has 0 spiro atoms. The minimum absolute atomic E-state index is 0.272. The van der Waals surface area contributed by atoms with Crippen molar-refractivity contribution >= 4 is 28.5 Å². The number of carbonyl (C=O) groups excluding carboxylic acids is 1. The lowest BCUT2D eigenvalue weighted by Gasteiger charge is -2.18. The highest BCUT2D eigenvalue weighted by Gasteiger charge is 2.21. The Bertz CT molecular complexity index is 983. The summed E-state index contributed by atoms with van der Waals surface area (Å²) in [6.45, 7) is 2.20. The molecule has 1 aliphatic carbocycles. The Morgan fingerprint density at radius 3 is 2.92 bits per heavy atom. The first kappa shape index (κ1) is 18.3. The van der Waals surface area contributed by atoms with E-state index in [2.05, 4.69) is 17.2 Å². The molecule has 2 aromatic rings. The second-order valence-corrected chi connectivity index (χ2v) is 7.65. The highest BCUT2D eigenvalue weighted by molar-refractivity contribution is 7.15. The summed E-state index contributed by atoms with van der Waals surface area (Å²) in [4.78, 5) is 41.7. The van der Waals surface area contributed by atoms with Crippen LogP contribution in [-0.2, 0) is 31.7 Å². The first-order chi connectivity index (χ1) is 12.4. The number of thiazole rings is 1. The third-order valence-corrected chi connectivity index (χ3v) is 5.77. The number of rotatable bonds is 4. The van der Waals surface area contributed by atoms with Gasteiger partial charge in [-0.05, 0) is 31.3 Å². The highest BCUT2D eigenvalue weighted by Crippen LogP contribution is 2.33. The third kappa shape index (κ3) is 3.70. The molecule has 8 heteroatoms. The number of hydrogen-bond acceptors (Lipinski definition) is 5. The fraction of sp³-hybridized carbons (Fsp3) is 0.444. The van der Waals surface area contributed by atoms with Gasteiger partial charge in [0.2, 0.25) is 5.91 Å². The first-order valence-electron chi connectivity index (χ1n) is 8.63. The lowest BCUT2D eigenvalue weighted by atomic mass is 9.89. The zero-order valence-corrected chi connectivity index (χ0v) is 15.9. The Kier molecular flexibility index (Phi) is 5.22. The van der Waals surface area contributed by atoms with Gasteiger partial charge in [0.25, 0.3) is 5.56 Å². The molecular weight excluding hydrogens is 352 g/mol. The van der Waals surface area contributed by atoms with Gasteiger partial charge in [-0.15, -0.1) is 11.3 Å². The second kappa shape index (κ2) is 7.41. The molecule has 0 fully saturated rings. The van der Waals surface area contributed by atoms with Gasteiger partial charge in [-0.3, -0.25) is 19.5 Å². The third-order valence-electron chi connectivity index (χ3n) is 4.74. The Balaban J connectivity index is 1.72. The molecule has 0 aliphatic heterocycles. The maximum absolute atomic E-state index is 12.2. The topological polar surface area (TPSA) is 86.0 Å². The van der Waals surface area contributed by atoms with E-state index in [-0.39, 0.29) is 11.5 Å². The fourth-order valence-corrected chi connectivity index (χ4v) is 4.23. The number of amides is 1. The predicted molar refractivity (Wildman–Crippen MR) is 103 cm³/mol. The number of anilines is 1. The SMILES string of the molecule is CC[C@H]1CCc2nc(NC(=O)/C=C\c3cn(C)c(=O)n(C)c3=O)sc2C1. The van der Waals surface area contributed by atoms with Gasteiger partial charge in [-0.2, -0.15) is 0 Å². The van der Waals surface area contributed by atoms with Crippen molar-refractivity contribution in [1.82, 2.24) is 14.1 Å². The van der Waals surface area contributed by atoms with E-state index in [9.17, 15) is 14.4 Å². The van der Waals surface area contributed by atoms with E-state index in [1.807, 2.05) is 0 Å². The summed E-state index contributed by atoms with van der Waals surface area (Å²) in [6.07, 6.45) is 8.43. The molecule has 138 valence electrons. The largest absolute Gasteiger partial charge is 0.330 e. The molecule has 2 aromatic heterocycles. The lowest BCUT2D eigenvalue weighted by Crippen LogP contribution is -2.37. The van der Waals surface area contributed by atoms with Crippen LogP contribution < -0.4 is 16.6 Å². The maximum Gasteiger partial charge on any atom is 0.330 e. The molecular formula is C18H22N4O3S. The Morgan fingerprint density at radius 2 is 2.19 bits per heavy atom. The minimum Gasteiger partial charge on any atom is -0.303 e. The van der Waals surface area contributed by atoms with Crippen LogP contribution in [0.4, 0.5) is 5.13 Å². The molecule has 1 amide bonds. The van der Waals surface area contributed by atoms with Crippen molar-refractivity contribution in [1.29, 1.82) is 0 Å². The zero-order chi connectivity index (χ0) is 18.8. The standard InChI is InChI=1S/C18H22N4O3S/c1-4-11-5-7-13-14(9-11)26-17(19-13)20-15(23)8-6-12-10-21(2)18(25)22(3)16(12)24/h6,8,10-11H,4-5,7,9H2,1-3H3,(H,19,20,23)/b8-6-/t11-/m0/s1. The number of fused-ring (bicyclic) bond motifs is 1. The summed E-state index contributed by atoms with van der Waals surface area (Å²) in [6, 6.07) is 0. The van der Waals surface area contributed by atoms with Crippen LogP contribution in [0.2, 0.25) is 0 Å². The highest BCUT2D eigenvalue weighted by atomic mass is 32.1. The molecule has 0 unspecified atom stereocenters. The Morgan fingerprint density at radius 1 is 1.42 bits per heavy atom. The van der Waals surface area contributed by atoms with Crippen LogP contribution in [0.25, 0.3) is 6.08 Å². The molecule has 0 aromatic carbocycles. The molecule has 7 nitrogen and oxygen atoms in total. The number of nitrogens with one attached hydrogen (secondary N) is 1. The van der Waals surface area contributed by atoms with Crippen LogP contribution in [0.3, 0.4) is 0 Å². The van der Waals surface area contributed by atoms with E-state index >= 15 is 0 Å². The molecule has 0 saturated carbocycles. The van der Waals surface area contributed by atoms with Crippen molar-refractivity contribution in [3.63, 3.8) is 0 Å². The molecule has 1 atom stereocenters. The number of nitrogens with zero attached hydrogens (tertiary/aromatic N) is 3. The van der Waals surface area contributed by atoms with E-state index in [0.29, 0.717) is 11.0 Å². The van der Waals surface area contributed by atoms with Crippen LogP contribution in [0.1, 0.15) is 35.9 Å². The molecule has 1 N–H and O–H groups in total. The summed E-state index contributed by atoms with van der Waals surface area (Å²) in [5.41, 5.74) is 0.516. The van der Waals surface area contributed by atoms with Crippen LogP contribution in [0, 0.1) is 5.92 Å². The number of aromatic nitrogens is 3. The fourth-order valence-electron chi connectivity index (χ4n) is 3.11. The van der Waals surface area contributed by atoms with Gasteiger partial charge in [-0.1, -0.05) is 13.3 Å². The summed E-state index contributed by atoms with van der Waals surface area (Å²) in [5.74, 6) is 0.353. The second-order valence-electron chi connectivity index (χ2n) is 6.57. The van der Waals surface area contributed by atoms with Crippen molar-refractivity contribution < 1.29 is 4.79 Å². The molecule has 0 radical (unpaired) electrons. The van der Waals surface area contributed by atoms with E-state index in [1.54, 1.807) is 7.05 Å². The van der Waals surface area contributed by atoms with E-state index in [4.69, 9.17) is 0 Å². The molecule has 2 heterocycles. The minimum atomic E-state index is -0.438. The Labute approximate surface area is 155 Å². The number of hydrogen-bond donors (Lipinski definition) is 1. The first-order valence-corrected chi connectivity index (χ1v) is 9.45. The molecule has 26 heavy (non-hydrogen) atoms. The van der Waals surface area contributed by atoms with Crippen molar-refractivity contribution in [2.24, 2.45) is 20.0 Å². The van der Waals surface area contributed by atoms with Gasteiger partial charge in [0.1, 0.15) is 0 Å². The van der Waals surface area contributed by atoms with Gasteiger partial charge in [0.15, 0.2) is 5.13 Å². The van der Waals surface area contributed by atoms with E-state index in [1.165, 1.54) is 46.2 Å². The number of aryl methyl sites for hydroxylation is 2. The molecule has 1 aliphatic rings. The van der Waals surface area contributed by atoms with Crippen LogP contribution >= 0.6 is 11.3 Å². The van der Waals surface area contributed by atoms with Crippen LogP contribution in [0.15, 0.2) is 21.9 Å². The normalized spacial score (nSPS) is 16.7. The van der Waals surface area contributed by atoms with Crippen molar-refractivity contribution in [3.05, 3.63) is 49.2 Å². The van der Waals surface area contributed by atoms with Crippen LogP contribution in [0.5, 0.6) is 0 Å². The van der Waals surface area contributed by atoms with Gasteiger partial charge in [0, 0.05) is 31.2 Å². The van der Waals surface area contributed by atoms with Gasteiger partial charge < -0.3 is 4.57 Å². The summed E-state index contributed by atoms with van der Waals surface area (Å²) in [7, 11) is 2.97. The van der Waals surface area contributed by atoms with E-state index in [0.717, 1.165) is 35.9 Å². The van der Waals surface area contributed by atoms with Gasteiger partial charge in [-0.25, -0.2) is 9.78 Å². The summed E-state index contributed by atoms with van der Waals surface area (Å²) >= 11 is 1.53. The summed E-state index contributed by atoms with van der Waals surface area (Å²) < 4.78 is 2.31. The van der Waals surface area contributed by atoms with Crippen molar-refractivity contribution in [2.75, 3.05) is 5.32 Å².